The maximum atomic E-state index is 14.0. The van der Waals surface area contributed by atoms with E-state index in [4.69, 9.17) is 14.2 Å². The Morgan fingerprint density at radius 1 is 1.15 bits per heavy atom. The van der Waals surface area contributed by atoms with Gasteiger partial charge in [0.1, 0.15) is 24.0 Å². The monoisotopic (exact) mass is 471 g/mol. The molecule has 0 radical (unpaired) electrons. The third-order valence-electron chi connectivity index (χ3n) is 5.93. The van der Waals surface area contributed by atoms with Gasteiger partial charge in [-0.2, -0.15) is 4.36 Å². The van der Waals surface area contributed by atoms with Gasteiger partial charge in [0.2, 0.25) is 0 Å². The highest BCUT2D eigenvalue weighted by atomic mass is 32.2. The van der Waals surface area contributed by atoms with Crippen molar-refractivity contribution in [2.45, 2.75) is 25.9 Å². The van der Waals surface area contributed by atoms with E-state index in [2.05, 4.69) is 14.3 Å². The minimum atomic E-state index is -2.31. The zero-order chi connectivity index (χ0) is 22.8. The van der Waals surface area contributed by atoms with E-state index in [1.165, 1.54) is 18.5 Å². The average molecular weight is 472 g/mol. The number of ether oxygens (including phenoxy) is 3. The van der Waals surface area contributed by atoms with E-state index < -0.39 is 9.73 Å². The van der Waals surface area contributed by atoms with Crippen LogP contribution in [0.5, 0.6) is 5.75 Å². The molecule has 2 aliphatic heterocycles. The van der Waals surface area contributed by atoms with Gasteiger partial charge in [-0.05, 0) is 30.7 Å². The Balaban J connectivity index is 1.50. The molecular weight excluding hydrogens is 445 g/mol. The van der Waals surface area contributed by atoms with Crippen LogP contribution in [0.15, 0.2) is 41.0 Å². The number of aromatic nitrogens is 2. The first-order chi connectivity index (χ1) is 16.0. The molecule has 33 heavy (non-hydrogen) atoms. The second-order valence-corrected chi connectivity index (χ2v) is 10.9. The van der Waals surface area contributed by atoms with Gasteiger partial charge in [0.05, 0.1) is 64.6 Å². The van der Waals surface area contributed by atoms with E-state index in [0.29, 0.717) is 55.8 Å². The molecule has 0 bridgehead atoms. The van der Waals surface area contributed by atoms with Crippen LogP contribution in [0.2, 0.25) is 0 Å². The molecule has 1 aromatic heterocycles. The van der Waals surface area contributed by atoms with Crippen LogP contribution >= 0.6 is 0 Å². The number of nitrogens with zero attached hydrogens (tertiary/aromatic N) is 3. The molecular formula is C24H26FN3O4S. The van der Waals surface area contributed by atoms with Gasteiger partial charge in [0, 0.05) is 29.9 Å². The predicted molar refractivity (Wildman–Crippen MR) is 124 cm³/mol. The second kappa shape index (κ2) is 9.32. The van der Waals surface area contributed by atoms with Crippen molar-refractivity contribution in [2.75, 3.05) is 37.9 Å². The van der Waals surface area contributed by atoms with Gasteiger partial charge in [-0.25, -0.2) is 18.6 Å². The van der Waals surface area contributed by atoms with E-state index in [1.54, 1.807) is 6.07 Å². The standard InChI is InChI=1S/C24H26FN3O4S/c1-16-10-19(28-33(29)8-6-30-7-9-33)13-22-24(16)21(26-15-27-22)11-17-2-3-18(25)12-23(17)32-20-4-5-31-14-20/h2-3,10,12-13,15,20H,4-9,11,14H2,1H3/t20-/m0/s1. The van der Waals surface area contributed by atoms with E-state index in [1.807, 2.05) is 19.1 Å². The molecule has 2 fully saturated rings. The molecule has 2 aliphatic rings. The molecule has 3 aromatic rings. The average Bonchev–Trinajstić information content (AvgIpc) is 3.29. The predicted octanol–water partition coefficient (Wildman–Crippen LogP) is 3.97. The van der Waals surface area contributed by atoms with Crippen molar-refractivity contribution in [3.8, 4) is 5.75 Å². The van der Waals surface area contributed by atoms with Crippen molar-refractivity contribution in [1.82, 2.24) is 9.97 Å². The first-order valence-electron chi connectivity index (χ1n) is 11.1. The zero-order valence-corrected chi connectivity index (χ0v) is 19.3. The van der Waals surface area contributed by atoms with E-state index in [9.17, 15) is 8.60 Å². The lowest BCUT2D eigenvalue weighted by molar-refractivity contribution is 0.140. The smallest absolute Gasteiger partial charge is 0.126 e. The molecule has 9 heteroatoms. The summed E-state index contributed by atoms with van der Waals surface area (Å²) in [6.07, 6.45) is 2.69. The minimum absolute atomic E-state index is 0.0781. The summed E-state index contributed by atoms with van der Waals surface area (Å²) in [7, 11) is -2.31. The third kappa shape index (κ3) is 5.00. The largest absolute Gasteiger partial charge is 0.488 e. The Hall–Kier alpha value is -2.62. The highest BCUT2D eigenvalue weighted by molar-refractivity contribution is 7.93. The number of rotatable bonds is 5. The first-order valence-corrected chi connectivity index (χ1v) is 12.9. The molecule has 0 N–H and O–H groups in total. The molecule has 0 spiro atoms. The molecule has 0 amide bonds. The van der Waals surface area contributed by atoms with Gasteiger partial charge in [0.15, 0.2) is 0 Å². The number of halogens is 1. The van der Waals surface area contributed by atoms with Gasteiger partial charge in [-0.1, -0.05) is 6.07 Å². The van der Waals surface area contributed by atoms with Crippen LogP contribution in [0.4, 0.5) is 10.1 Å². The van der Waals surface area contributed by atoms with Crippen LogP contribution in [0.1, 0.15) is 23.2 Å². The molecule has 1 atom stereocenters. The highest BCUT2D eigenvalue weighted by Gasteiger charge is 2.20. The Kier molecular flexibility index (Phi) is 6.27. The quantitative estimate of drug-likeness (QED) is 0.560. The number of fused-ring (bicyclic) bond motifs is 1. The second-order valence-electron chi connectivity index (χ2n) is 8.39. The Morgan fingerprint density at radius 2 is 2.00 bits per heavy atom. The Bertz CT molecular complexity index is 1290. The molecule has 0 saturated carbocycles. The summed E-state index contributed by atoms with van der Waals surface area (Å²) in [5, 5.41) is 0.915. The highest BCUT2D eigenvalue weighted by Crippen LogP contribution is 2.31. The molecule has 2 saturated heterocycles. The molecule has 7 nitrogen and oxygen atoms in total. The molecule has 3 heterocycles. The van der Waals surface area contributed by atoms with Crippen molar-refractivity contribution < 1.29 is 22.8 Å². The van der Waals surface area contributed by atoms with Crippen molar-refractivity contribution in [1.29, 1.82) is 0 Å². The fourth-order valence-electron chi connectivity index (χ4n) is 4.25. The maximum absolute atomic E-state index is 14.0. The molecule has 2 aromatic carbocycles. The number of hydrogen-bond donors (Lipinski definition) is 0. The maximum Gasteiger partial charge on any atom is 0.126 e. The summed E-state index contributed by atoms with van der Waals surface area (Å²) in [6.45, 7) is 4.07. The summed E-state index contributed by atoms with van der Waals surface area (Å²) in [6, 6.07) is 8.38. The van der Waals surface area contributed by atoms with Gasteiger partial charge in [-0.3, -0.25) is 0 Å². The van der Waals surface area contributed by atoms with Crippen LogP contribution in [-0.4, -0.2) is 58.2 Å². The zero-order valence-electron chi connectivity index (χ0n) is 18.5. The van der Waals surface area contributed by atoms with Gasteiger partial charge >= 0.3 is 0 Å². The van der Waals surface area contributed by atoms with E-state index in [-0.39, 0.29) is 11.9 Å². The summed E-state index contributed by atoms with van der Waals surface area (Å²) in [4.78, 5) is 8.97. The summed E-state index contributed by atoms with van der Waals surface area (Å²) < 4.78 is 48.3. The fourth-order valence-corrected chi connectivity index (χ4v) is 5.89. The fraction of sp³-hybridized carbons (Fsp3) is 0.417. The number of benzene rings is 2. The van der Waals surface area contributed by atoms with Gasteiger partial charge in [-0.15, -0.1) is 0 Å². The van der Waals surface area contributed by atoms with Crippen molar-refractivity contribution >= 4 is 26.3 Å². The lowest BCUT2D eigenvalue weighted by Crippen LogP contribution is -2.25. The van der Waals surface area contributed by atoms with Crippen LogP contribution < -0.4 is 4.74 Å². The molecule has 0 unspecified atom stereocenters. The summed E-state index contributed by atoms with van der Waals surface area (Å²) in [5.74, 6) is 1.06. The van der Waals surface area contributed by atoms with Crippen LogP contribution in [0, 0.1) is 12.7 Å². The minimum Gasteiger partial charge on any atom is -0.488 e. The van der Waals surface area contributed by atoms with Crippen LogP contribution in [-0.2, 0) is 25.6 Å². The lowest BCUT2D eigenvalue weighted by atomic mass is 10.0. The van der Waals surface area contributed by atoms with Crippen LogP contribution in [0.3, 0.4) is 0 Å². The van der Waals surface area contributed by atoms with Crippen LogP contribution in [0.25, 0.3) is 10.9 Å². The third-order valence-corrected chi connectivity index (χ3v) is 8.08. The molecule has 174 valence electrons. The number of hydrogen-bond acceptors (Lipinski definition) is 7. The van der Waals surface area contributed by atoms with Crippen molar-refractivity contribution in [3.63, 3.8) is 0 Å². The van der Waals surface area contributed by atoms with Gasteiger partial charge in [0.25, 0.3) is 0 Å². The van der Waals surface area contributed by atoms with E-state index >= 15 is 0 Å². The first kappa shape index (κ1) is 22.2. The summed E-state index contributed by atoms with van der Waals surface area (Å²) >= 11 is 0. The molecule has 5 rings (SSSR count). The lowest BCUT2D eigenvalue weighted by Gasteiger charge is -2.17. The summed E-state index contributed by atoms with van der Waals surface area (Å²) in [5.41, 5.74) is 4.01. The Labute approximate surface area is 192 Å². The number of aryl methyl sites for hydroxylation is 1. The van der Waals surface area contributed by atoms with Gasteiger partial charge < -0.3 is 14.2 Å². The van der Waals surface area contributed by atoms with Crippen molar-refractivity contribution in [2.24, 2.45) is 4.36 Å². The van der Waals surface area contributed by atoms with Crippen molar-refractivity contribution in [3.05, 3.63) is 59.3 Å². The normalized spacial score (nSPS) is 20.1. The Morgan fingerprint density at radius 3 is 2.79 bits per heavy atom. The van der Waals surface area contributed by atoms with E-state index in [0.717, 1.165) is 34.1 Å². The molecule has 0 aliphatic carbocycles. The topological polar surface area (TPSA) is 82.9 Å². The SMILES string of the molecule is Cc1cc(N=S2(=O)CCOCC2)cc2ncnc(Cc3ccc(F)cc3O[C@H]3CCOC3)c12.